The Balaban J connectivity index is 1.56. The van der Waals surface area contributed by atoms with E-state index >= 15 is 0 Å². The third kappa shape index (κ3) is 3.18. The van der Waals surface area contributed by atoms with Crippen LogP contribution >= 0.6 is 11.6 Å². The van der Waals surface area contributed by atoms with Crippen molar-refractivity contribution in [1.29, 1.82) is 0 Å². The predicted octanol–water partition coefficient (Wildman–Crippen LogP) is 5.50. The van der Waals surface area contributed by atoms with Gasteiger partial charge in [0.15, 0.2) is 0 Å². The summed E-state index contributed by atoms with van der Waals surface area (Å²) < 4.78 is 5.55. The maximum Gasteiger partial charge on any atom is 0.255 e. The van der Waals surface area contributed by atoms with Gasteiger partial charge in [0.2, 0.25) is 0 Å². The average molecular weight is 364 g/mol. The zero-order valence-electron chi connectivity index (χ0n) is 14.4. The Morgan fingerprint density at radius 1 is 1.08 bits per heavy atom. The number of hydrogen-bond acceptors (Lipinski definition) is 2. The van der Waals surface area contributed by atoms with Crippen LogP contribution in [0.3, 0.4) is 0 Å². The molecule has 0 unspecified atom stereocenters. The van der Waals surface area contributed by atoms with Gasteiger partial charge in [0, 0.05) is 23.2 Å². The maximum absolute atomic E-state index is 12.4. The van der Waals surface area contributed by atoms with Crippen LogP contribution in [0, 0.1) is 6.92 Å². The Bertz CT molecular complexity index is 980. The van der Waals surface area contributed by atoms with Gasteiger partial charge in [-0.2, -0.15) is 0 Å². The van der Waals surface area contributed by atoms with E-state index in [2.05, 4.69) is 11.4 Å². The van der Waals surface area contributed by atoms with E-state index in [1.807, 2.05) is 61.5 Å². The van der Waals surface area contributed by atoms with Gasteiger partial charge in [0.25, 0.3) is 5.91 Å². The molecule has 0 aromatic heterocycles. The fourth-order valence-electron chi connectivity index (χ4n) is 3.18. The zero-order chi connectivity index (χ0) is 18.1. The summed E-state index contributed by atoms with van der Waals surface area (Å²) in [5.74, 6) is 0.768. The molecule has 0 saturated carbocycles. The van der Waals surface area contributed by atoms with Crippen LogP contribution in [-0.2, 0) is 6.42 Å². The molecule has 0 saturated heterocycles. The lowest BCUT2D eigenvalue weighted by Crippen LogP contribution is -2.13. The third-order valence-corrected chi connectivity index (χ3v) is 4.94. The minimum atomic E-state index is -0.108. The van der Waals surface area contributed by atoms with Crippen LogP contribution in [0.4, 0.5) is 5.69 Å². The number of benzene rings is 3. The molecule has 1 heterocycles. The molecule has 130 valence electrons. The topological polar surface area (TPSA) is 38.3 Å². The molecule has 3 aromatic carbocycles. The number of anilines is 1. The average Bonchev–Trinajstić information content (AvgIpc) is 3.09. The zero-order valence-corrected chi connectivity index (χ0v) is 15.1. The molecule has 0 spiro atoms. The maximum atomic E-state index is 12.4. The van der Waals surface area contributed by atoms with E-state index in [1.54, 1.807) is 0 Å². The van der Waals surface area contributed by atoms with Gasteiger partial charge in [-0.1, -0.05) is 41.9 Å². The summed E-state index contributed by atoms with van der Waals surface area (Å²) in [5, 5.41) is 3.61. The van der Waals surface area contributed by atoms with E-state index in [9.17, 15) is 4.79 Å². The highest BCUT2D eigenvalue weighted by Crippen LogP contribution is 2.37. The lowest BCUT2D eigenvalue weighted by molar-refractivity contribution is 0.102. The van der Waals surface area contributed by atoms with Crippen LogP contribution in [-0.4, -0.2) is 12.5 Å². The number of carbonyl (C=O) groups excluding carboxylic acids is 1. The van der Waals surface area contributed by atoms with Gasteiger partial charge in [0.1, 0.15) is 5.75 Å². The molecule has 26 heavy (non-hydrogen) atoms. The van der Waals surface area contributed by atoms with Crippen LogP contribution in [0.1, 0.15) is 21.5 Å². The molecule has 3 nitrogen and oxygen atoms in total. The van der Waals surface area contributed by atoms with Crippen LogP contribution in [0.15, 0.2) is 60.7 Å². The molecule has 3 aromatic rings. The second-order valence-corrected chi connectivity index (χ2v) is 6.79. The van der Waals surface area contributed by atoms with Gasteiger partial charge in [-0.15, -0.1) is 0 Å². The van der Waals surface area contributed by atoms with Crippen molar-refractivity contribution in [2.24, 2.45) is 0 Å². The normalized spacial score (nSPS) is 12.4. The Morgan fingerprint density at radius 3 is 2.62 bits per heavy atom. The van der Waals surface area contributed by atoms with Gasteiger partial charge in [0.05, 0.1) is 11.6 Å². The van der Waals surface area contributed by atoms with Crippen LogP contribution in [0.2, 0.25) is 5.02 Å². The number of amides is 1. The van der Waals surface area contributed by atoms with Crippen molar-refractivity contribution in [2.45, 2.75) is 13.3 Å². The Kier molecular flexibility index (Phi) is 4.39. The van der Waals surface area contributed by atoms with Crippen LogP contribution in [0.5, 0.6) is 5.75 Å². The minimum absolute atomic E-state index is 0.108. The Morgan fingerprint density at radius 2 is 1.85 bits per heavy atom. The highest BCUT2D eigenvalue weighted by atomic mass is 35.5. The summed E-state index contributed by atoms with van der Waals surface area (Å²) in [5.41, 5.74) is 5.56. The summed E-state index contributed by atoms with van der Waals surface area (Å²) in [6.07, 6.45) is 0.907. The third-order valence-electron chi connectivity index (χ3n) is 4.62. The molecular formula is C22H18ClNO2. The van der Waals surface area contributed by atoms with Crippen molar-refractivity contribution < 1.29 is 9.53 Å². The van der Waals surface area contributed by atoms with E-state index in [0.29, 0.717) is 17.2 Å². The van der Waals surface area contributed by atoms with Gasteiger partial charge < -0.3 is 10.1 Å². The van der Waals surface area contributed by atoms with Crippen molar-refractivity contribution in [3.8, 4) is 16.9 Å². The summed E-state index contributed by atoms with van der Waals surface area (Å²) in [7, 11) is 0. The lowest BCUT2D eigenvalue weighted by Gasteiger charge is -2.10. The number of fused-ring (bicyclic) bond motifs is 1. The molecule has 1 aliphatic rings. The number of halogens is 1. The summed E-state index contributed by atoms with van der Waals surface area (Å²) >= 11 is 6.41. The molecule has 1 aliphatic heterocycles. The Hall–Kier alpha value is -2.78. The molecule has 4 rings (SSSR count). The molecule has 0 aliphatic carbocycles. The van der Waals surface area contributed by atoms with Gasteiger partial charge >= 0.3 is 0 Å². The van der Waals surface area contributed by atoms with Gasteiger partial charge in [-0.3, -0.25) is 4.79 Å². The number of hydrogen-bond donors (Lipinski definition) is 1. The molecular weight excluding hydrogens is 346 g/mol. The van der Waals surface area contributed by atoms with E-state index in [-0.39, 0.29) is 5.91 Å². The number of aryl methyl sites for hydroxylation is 1. The summed E-state index contributed by atoms with van der Waals surface area (Å²) in [6, 6.07) is 19.2. The molecule has 1 amide bonds. The first-order valence-corrected chi connectivity index (χ1v) is 8.92. The van der Waals surface area contributed by atoms with E-state index in [1.165, 1.54) is 5.56 Å². The molecule has 0 fully saturated rings. The first kappa shape index (κ1) is 16.7. The molecule has 0 bridgehead atoms. The van der Waals surface area contributed by atoms with Gasteiger partial charge in [-0.05, 0) is 53.9 Å². The molecule has 0 atom stereocenters. The minimum Gasteiger partial charge on any atom is -0.493 e. The van der Waals surface area contributed by atoms with Gasteiger partial charge in [-0.25, -0.2) is 0 Å². The second-order valence-electron chi connectivity index (χ2n) is 6.38. The first-order chi connectivity index (χ1) is 12.6. The summed E-state index contributed by atoms with van der Waals surface area (Å²) in [4.78, 5) is 12.4. The number of rotatable bonds is 3. The van der Waals surface area contributed by atoms with Crippen molar-refractivity contribution >= 4 is 23.2 Å². The Labute approximate surface area is 157 Å². The SMILES string of the molecule is Cc1ccccc1C(=O)Nc1ccc(-c2cc3c(cc2Cl)OCC3)cc1. The largest absolute Gasteiger partial charge is 0.493 e. The fourth-order valence-corrected chi connectivity index (χ4v) is 3.44. The number of carbonyl (C=O) groups is 1. The molecule has 4 heteroatoms. The van der Waals surface area contributed by atoms with Crippen LogP contribution < -0.4 is 10.1 Å². The molecule has 0 radical (unpaired) electrons. The van der Waals surface area contributed by atoms with Crippen molar-refractivity contribution in [3.05, 3.63) is 82.4 Å². The fraction of sp³-hybridized carbons (Fsp3) is 0.136. The standard InChI is InChI=1S/C22H18ClNO2/c1-14-4-2-3-5-18(14)22(25)24-17-8-6-15(7-9-17)19-12-16-10-11-26-21(16)13-20(19)23/h2-9,12-13H,10-11H2,1H3,(H,24,25). The highest BCUT2D eigenvalue weighted by Gasteiger charge is 2.16. The number of nitrogens with one attached hydrogen (secondary N) is 1. The van der Waals surface area contributed by atoms with Crippen molar-refractivity contribution in [3.63, 3.8) is 0 Å². The lowest BCUT2D eigenvalue weighted by atomic mass is 10.0. The first-order valence-electron chi connectivity index (χ1n) is 8.54. The van der Waals surface area contributed by atoms with Crippen LogP contribution in [0.25, 0.3) is 11.1 Å². The predicted molar refractivity (Wildman–Crippen MR) is 105 cm³/mol. The van der Waals surface area contributed by atoms with E-state index in [0.717, 1.165) is 34.5 Å². The monoisotopic (exact) mass is 363 g/mol. The van der Waals surface area contributed by atoms with Crippen molar-refractivity contribution in [1.82, 2.24) is 0 Å². The second kappa shape index (κ2) is 6.85. The summed E-state index contributed by atoms with van der Waals surface area (Å²) in [6.45, 7) is 2.64. The van der Waals surface area contributed by atoms with Crippen molar-refractivity contribution in [2.75, 3.05) is 11.9 Å². The highest BCUT2D eigenvalue weighted by molar-refractivity contribution is 6.33. The van der Waals surface area contributed by atoms with E-state index < -0.39 is 0 Å². The smallest absolute Gasteiger partial charge is 0.255 e. The number of ether oxygens (including phenoxy) is 1. The quantitative estimate of drug-likeness (QED) is 0.667. The molecule has 1 N–H and O–H groups in total. The van der Waals surface area contributed by atoms with E-state index in [4.69, 9.17) is 16.3 Å².